The van der Waals surface area contributed by atoms with E-state index < -0.39 is 0 Å². The molecule has 0 spiro atoms. The summed E-state index contributed by atoms with van der Waals surface area (Å²) in [5.74, 6) is 0.630. The molecule has 0 aromatic heterocycles. The number of hydrogen-bond acceptors (Lipinski definition) is 3. The number of piperidine rings is 1. The Morgan fingerprint density at radius 2 is 1.77 bits per heavy atom. The molecule has 2 aromatic carbocycles. The fourth-order valence-corrected chi connectivity index (χ4v) is 3.42. The first kappa shape index (κ1) is 19.2. The van der Waals surface area contributed by atoms with E-state index in [-0.39, 0.29) is 18.6 Å². The molecule has 1 N–H and O–H groups in total. The minimum atomic E-state index is -0.0657. The van der Waals surface area contributed by atoms with E-state index in [1.54, 1.807) is 0 Å². The van der Waals surface area contributed by atoms with Gasteiger partial charge in [-0.2, -0.15) is 0 Å². The molecule has 26 heavy (non-hydrogen) atoms. The van der Waals surface area contributed by atoms with Crippen LogP contribution < -0.4 is 10.1 Å². The van der Waals surface area contributed by atoms with Crippen LogP contribution in [-0.4, -0.2) is 36.5 Å². The second kappa shape index (κ2) is 9.40. The zero-order valence-corrected chi connectivity index (χ0v) is 16.8. The summed E-state index contributed by atoms with van der Waals surface area (Å²) in [6.45, 7) is 2.92. The Labute approximate surface area is 167 Å². The first-order valence-electron chi connectivity index (χ1n) is 8.73. The van der Waals surface area contributed by atoms with Crippen LogP contribution in [-0.2, 0) is 11.3 Å². The highest BCUT2D eigenvalue weighted by Crippen LogP contribution is 2.17. The number of benzene rings is 2. The molecule has 6 heteroatoms. The number of amides is 1. The van der Waals surface area contributed by atoms with E-state index in [0.29, 0.717) is 5.75 Å². The van der Waals surface area contributed by atoms with Crippen molar-refractivity contribution in [3.8, 4) is 5.75 Å². The van der Waals surface area contributed by atoms with E-state index in [2.05, 4.69) is 38.3 Å². The van der Waals surface area contributed by atoms with Crippen molar-refractivity contribution >= 4 is 33.4 Å². The lowest BCUT2D eigenvalue weighted by Crippen LogP contribution is -2.45. The quantitative estimate of drug-likeness (QED) is 0.734. The van der Waals surface area contributed by atoms with Gasteiger partial charge in [-0.15, -0.1) is 0 Å². The standard InChI is InChI=1S/C20H22BrClN2O2/c21-16-3-7-19(8-4-16)26-14-20(25)23-18-9-11-24(12-10-18)13-15-1-5-17(22)6-2-15/h1-8,18H,9-14H2,(H,23,25). The predicted molar refractivity (Wildman–Crippen MR) is 108 cm³/mol. The van der Waals surface area contributed by atoms with Gasteiger partial charge in [0.15, 0.2) is 6.61 Å². The van der Waals surface area contributed by atoms with Gasteiger partial charge in [0.25, 0.3) is 5.91 Å². The summed E-state index contributed by atoms with van der Waals surface area (Å²) in [6.07, 6.45) is 1.91. The number of nitrogens with one attached hydrogen (secondary N) is 1. The molecule has 0 aliphatic carbocycles. The number of hydrogen-bond donors (Lipinski definition) is 1. The summed E-state index contributed by atoms with van der Waals surface area (Å²) in [4.78, 5) is 14.5. The summed E-state index contributed by atoms with van der Waals surface area (Å²) < 4.78 is 6.51. The molecule has 1 aliphatic heterocycles. The highest BCUT2D eigenvalue weighted by Gasteiger charge is 2.20. The van der Waals surface area contributed by atoms with Crippen LogP contribution in [0.2, 0.25) is 5.02 Å². The Bertz CT molecular complexity index is 714. The Morgan fingerprint density at radius 1 is 1.12 bits per heavy atom. The van der Waals surface area contributed by atoms with Crippen molar-refractivity contribution in [2.75, 3.05) is 19.7 Å². The Kier molecular flexibility index (Phi) is 6.94. The third kappa shape index (κ3) is 6.01. The van der Waals surface area contributed by atoms with E-state index in [9.17, 15) is 4.79 Å². The Balaban J connectivity index is 1.37. The smallest absolute Gasteiger partial charge is 0.258 e. The monoisotopic (exact) mass is 436 g/mol. The normalized spacial score (nSPS) is 15.6. The maximum atomic E-state index is 12.1. The summed E-state index contributed by atoms with van der Waals surface area (Å²) in [6, 6.07) is 15.7. The first-order valence-corrected chi connectivity index (χ1v) is 9.90. The van der Waals surface area contributed by atoms with Crippen molar-refractivity contribution in [1.82, 2.24) is 10.2 Å². The third-order valence-corrected chi connectivity index (χ3v) is 5.24. The van der Waals surface area contributed by atoms with Crippen LogP contribution in [0.4, 0.5) is 0 Å². The predicted octanol–water partition coefficient (Wildman–Crippen LogP) is 4.26. The molecule has 0 radical (unpaired) electrons. The molecule has 138 valence electrons. The van der Waals surface area contributed by atoms with E-state index in [1.165, 1.54) is 5.56 Å². The Morgan fingerprint density at radius 3 is 2.42 bits per heavy atom. The van der Waals surface area contributed by atoms with Crippen LogP contribution in [0.25, 0.3) is 0 Å². The van der Waals surface area contributed by atoms with Gasteiger partial charge >= 0.3 is 0 Å². The number of nitrogens with zero attached hydrogens (tertiary/aromatic N) is 1. The lowest BCUT2D eigenvalue weighted by molar-refractivity contribution is -0.124. The van der Waals surface area contributed by atoms with Crippen LogP contribution in [0.1, 0.15) is 18.4 Å². The van der Waals surface area contributed by atoms with Gasteiger partial charge in [-0.25, -0.2) is 0 Å². The molecular formula is C20H22BrClN2O2. The van der Waals surface area contributed by atoms with E-state index >= 15 is 0 Å². The highest BCUT2D eigenvalue weighted by molar-refractivity contribution is 9.10. The zero-order chi connectivity index (χ0) is 18.4. The van der Waals surface area contributed by atoms with Crippen LogP contribution in [0, 0.1) is 0 Å². The average Bonchev–Trinajstić information content (AvgIpc) is 2.65. The number of rotatable bonds is 6. The van der Waals surface area contributed by atoms with Gasteiger partial charge in [0.05, 0.1) is 0 Å². The van der Waals surface area contributed by atoms with Crippen molar-refractivity contribution < 1.29 is 9.53 Å². The van der Waals surface area contributed by atoms with Gasteiger partial charge in [0.2, 0.25) is 0 Å². The molecule has 1 aliphatic rings. The average molecular weight is 438 g/mol. The summed E-state index contributed by atoms with van der Waals surface area (Å²) >= 11 is 9.30. The van der Waals surface area contributed by atoms with Gasteiger partial charge in [0.1, 0.15) is 5.75 Å². The molecule has 1 heterocycles. The van der Waals surface area contributed by atoms with Crippen LogP contribution in [0.5, 0.6) is 5.75 Å². The molecular weight excluding hydrogens is 416 g/mol. The largest absolute Gasteiger partial charge is 0.484 e. The van der Waals surface area contributed by atoms with Crippen molar-refractivity contribution in [1.29, 1.82) is 0 Å². The number of ether oxygens (including phenoxy) is 1. The van der Waals surface area contributed by atoms with Gasteiger partial charge in [0, 0.05) is 35.2 Å². The van der Waals surface area contributed by atoms with E-state index in [1.807, 2.05) is 36.4 Å². The number of carbonyl (C=O) groups is 1. The first-order chi connectivity index (χ1) is 12.6. The maximum Gasteiger partial charge on any atom is 0.258 e. The zero-order valence-electron chi connectivity index (χ0n) is 14.5. The fourth-order valence-electron chi connectivity index (χ4n) is 3.03. The number of likely N-dealkylation sites (tertiary alicyclic amines) is 1. The molecule has 0 atom stereocenters. The summed E-state index contributed by atoms with van der Waals surface area (Å²) in [5, 5.41) is 3.84. The van der Waals surface area contributed by atoms with Crippen LogP contribution >= 0.6 is 27.5 Å². The number of halogens is 2. The van der Waals surface area contributed by atoms with E-state index in [4.69, 9.17) is 16.3 Å². The molecule has 2 aromatic rings. The van der Waals surface area contributed by atoms with Crippen LogP contribution in [0.15, 0.2) is 53.0 Å². The molecule has 3 rings (SSSR count). The lowest BCUT2D eigenvalue weighted by Gasteiger charge is -2.32. The minimum Gasteiger partial charge on any atom is -0.484 e. The second-order valence-corrected chi connectivity index (χ2v) is 7.84. The second-order valence-electron chi connectivity index (χ2n) is 6.49. The SMILES string of the molecule is O=C(COc1ccc(Br)cc1)NC1CCN(Cc2ccc(Cl)cc2)CC1. The molecule has 0 saturated carbocycles. The van der Waals surface area contributed by atoms with Gasteiger partial charge < -0.3 is 10.1 Å². The van der Waals surface area contributed by atoms with Gasteiger partial charge in [-0.05, 0) is 54.8 Å². The highest BCUT2D eigenvalue weighted by atomic mass is 79.9. The Hall–Kier alpha value is -1.56. The van der Waals surface area contributed by atoms with Crippen molar-refractivity contribution in [3.63, 3.8) is 0 Å². The van der Waals surface area contributed by atoms with Crippen molar-refractivity contribution in [2.45, 2.75) is 25.4 Å². The van der Waals surface area contributed by atoms with Crippen molar-refractivity contribution in [3.05, 3.63) is 63.6 Å². The molecule has 1 amide bonds. The van der Waals surface area contributed by atoms with E-state index in [0.717, 1.165) is 42.0 Å². The van der Waals surface area contributed by atoms with Gasteiger partial charge in [-0.3, -0.25) is 9.69 Å². The van der Waals surface area contributed by atoms with Gasteiger partial charge in [-0.1, -0.05) is 39.7 Å². The summed E-state index contributed by atoms with van der Waals surface area (Å²) in [7, 11) is 0. The minimum absolute atomic E-state index is 0.0482. The third-order valence-electron chi connectivity index (χ3n) is 4.46. The molecule has 1 fully saturated rings. The van der Waals surface area contributed by atoms with Crippen LogP contribution in [0.3, 0.4) is 0 Å². The fraction of sp³-hybridized carbons (Fsp3) is 0.350. The maximum absolute atomic E-state index is 12.1. The number of carbonyl (C=O) groups excluding carboxylic acids is 1. The molecule has 1 saturated heterocycles. The topological polar surface area (TPSA) is 41.6 Å². The lowest BCUT2D eigenvalue weighted by atomic mass is 10.0. The summed E-state index contributed by atoms with van der Waals surface area (Å²) in [5.41, 5.74) is 1.26. The molecule has 0 unspecified atom stereocenters. The van der Waals surface area contributed by atoms with Crippen molar-refractivity contribution in [2.24, 2.45) is 0 Å². The molecule has 4 nitrogen and oxygen atoms in total. The molecule has 0 bridgehead atoms.